The molecule has 0 radical (unpaired) electrons. The third-order valence-electron chi connectivity index (χ3n) is 1.68. The number of aliphatic hydroxyl groups excluding tert-OH is 1. The maximum atomic E-state index is 10.8. The largest absolute Gasteiger partial charge is 0.490 e. The molecule has 0 saturated heterocycles. The van der Waals surface area contributed by atoms with Crippen molar-refractivity contribution in [2.75, 3.05) is 13.2 Å². The molecular weight excluding hydrogens is 196 g/mol. The monoisotopic (exact) mass is 210 g/mol. The Labute approximate surface area is 88.4 Å². The minimum Gasteiger partial charge on any atom is -0.490 e. The summed E-state index contributed by atoms with van der Waals surface area (Å²) in [6, 6.07) is 9.24. The van der Waals surface area contributed by atoms with Gasteiger partial charge in [-0.05, 0) is 19.1 Å². The van der Waals surface area contributed by atoms with Crippen molar-refractivity contribution in [1.29, 1.82) is 0 Å². The summed E-state index contributed by atoms with van der Waals surface area (Å²) in [5, 5.41) is 8.82. The molecule has 0 fully saturated rings. The Hall–Kier alpha value is -1.55. The lowest BCUT2D eigenvalue weighted by Crippen LogP contribution is -2.21. The van der Waals surface area contributed by atoms with Crippen LogP contribution in [0.2, 0.25) is 0 Å². The molecule has 0 aliphatic carbocycles. The fraction of sp³-hybridized carbons (Fsp3) is 0.364. The number of carbonyl (C=O) groups excluding carboxylic acids is 1. The van der Waals surface area contributed by atoms with Crippen LogP contribution in [-0.2, 0) is 9.53 Å². The van der Waals surface area contributed by atoms with Crippen LogP contribution in [0.3, 0.4) is 0 Å². The van der Waals surface area contributed by atoms with E-state index in [0.29, 0.717) is 0 Å². The molecule has 1 atom stereocenters. The predicted molar refractivity (Wildman–Crippen MR) is 54.6 cm³/mol. The lowest BCUT2D eigenvalue weighted by Gasteiger charge is -2.08. The average molecular weight is 210 g/mol. The van der Waals surface area contributed by atoms with Crippen molar-refractivity contribution in [3.63, 3.8) is 0 Å². The van der Waals surface area contributed by atoms with Gasteiger partial charge in [0.05, 0.1) is 0 Å². The van der Waals surface area contributed by atoms with Gasteiger partial charge in [-0.2, -0.15) is 0 Å². The first-order valence-electron chi connectivity index (χ1n) is 4.72. The first kappa shape index (κ1) is 11.5. The normalized spacial score (nSPS) is 11.9. The molecule has 0 aromatic heterocycles. The highest BCUT2D eigenvalue weighted by Gasteiger charge is 2.09. The number of benzene rings is 1. The van der Waals surface area contributed by atoms with Gasteiger partial charge in [0.25, 0.3) is 0 Å². The minimum atomic E-state index is -1.08. The second-order valence-corrected chi connectivity index (χ2v) is 3.00. The van der Waals surface area contributed by atoms with Crippen LogP contribution in [0.4, 0.5) is 0 Å². The maximum Gasteiger partial charge on any atom is 0.334 e. The van der Waals surface area contributed by atoms with Crippen LogP contribution in [0, 0.1) is 0 Å². The molecule has 1 aromatic rings. The van der Waals surface area contributed by atoms with E-state index in [1.165, 1.54) is 6.92 Å². The summed E-state index contributed by atoms with van der Waals surface area (Å²) >= 11 is 0. The molecule has 4 heteroatoms. The van der Waals surface area contributed by atoms with Crippen molar-refractivity contribution >= 4 is 5.97 Å². The van der Waals surface area contributed by atoms with Crippen molar-refractivity contribution in [3.8, 4) is 5.75 Å². The van der Waals surface area contributed by atoms with Crippen molar-refractivity contribution < 1.29 is 19.4 Å². The van der Waals surface area contributed by atoms with Crippen LogP contribution in [-0.4, -0.2) is 30.4 Å². The van der Waals surface area contributed by atoms with E-state index in [1.807, 2.05) is 30.3 Å². The molecule has 0 unspecified atom stereocenters. The molecule has 0 aliphatic heterocycles. The van der Waals surface area contributed by atoms with Crippen molar-refractivity contribution in [3.05, 3.63) is 30.3 Å². The molecule has 0 heterocycles. The van der Waals surface area contributed by atoms with Crippen LogP contribution in [0.15, 0.2) is 30.3 Å². The van der Waals surface area contributed by atoms with Gasteiger partial charge in [-0.3, -0.25) is 0 Å². The van der Waals surface area contributed by atoms with Crippen molar-refractivity contribution in [2.45, 2.75) is 13.0 Å². The summed E-state index contributed by atoms with van der Waals surface area (Å²) in [7, 11) is 0. The van der Waals surface area contributed by atoms with Crippen LogP contribution in [0.5, 0.6) is 5.75 Å². The second-order valence-electron chi connectivity index (χ2n) is 3.00. The number of esters is 1. The van der Waals surface area contributed by atoms with E-state index < -0.39 is 12.1 Å². The molecule has 0 amide bonds. The summed E-state index contributed by atoms with van der Waals surface area (Å²) in [5.41, 5.74) is 0. The van der Waals surface area contributed by atoms with Crippen molar-refractivity contribution in [2.24, 2.45) is 0 Å². The Morgan fingerprint density at radius 1 is 1.33 bits per heavy atom. The SMILES string of the molecule is C[C@H](O)C(=O)OCCOc1ccccc1. The number of ether oxygens (including phenoxy) is 2. The number of para-hydroxylation sites is 1. The second kappa shape index (κ2) is 6.03. The standard InChI is InChI=1S/C11H14O4/c1-9(12)11(13)15-8-7-14-10-5-3-2-4-6-10/h2-6,9,12H,7-8H2,1H3/t9-/m0/s1. The number of aliphatic hydroxyl groups is 1. The van der Waals surface area contributed by atoms with Crippen LogP contribution in [0.25, 0.3) is 0 Å². The summed E-state index contributed by atoms with van der Waals surface area (Å²) in [6.45, 7) is 1.78. The van der Waals surface area contributed by atoms with E-state index in [1.54, 1.807) is 0 Å². The fourth-order valence-electron chi connectivity index (χ4n) is 0.939. The summed E-state index contributed by atoms with van der Waals surface area (Å²) in [6.07, 6.45) is -1.08. The number of carbonyl (C=O) groups is 1. The van der Waals surface area contributed by atoms with Crippen LogP contribution in [0.1, 0.15) is 6.92 Å². The number of rotatable bonds is 5. The molecule has 1 rings (SSSR count). The zero-order chi connectivity index (χ0) is 11.1. The highest BCUT2D eigenvalue weighted by molar-refractivity contribution is 5.73. The van der Waals surface area contributed by atoms with Gasteiger partial charge in [0.2, 0.25) is 0 Å². The molecule has 1 aromatic carbocycles. The smallest absolute Gasteiger partial charge is 0.334 e. The minimum absolute atomic E-state index is 0.138. The van der Waals surface area contributed by atoms with Gasteiger partial charge >= 0.3 is 5.97 Å². The molecule has 0 spiro atoms. The molecule has 4 nitrogen and oxygen atoms in total. The molecule has 0 aliphatic rings. The zero-order valence-corrected chi connectivity index (χ0v) is 8.55. The number of hydrogen-bond acceptors (Lipinski definition) is 4. The topological polar surface area (TPSA) is 55.8 Å². The van der Waals surface area contributed by atoms with Gasteiger partial charge in [-0.1, -0.05) is 18.2 Å². The Balaban J connectivity index is 2.15. The third kappa shape index (κ3) is 4.46. The van der Waals surface area contributed by atoms with Crippen molar-refractivity contribution in [1.82, 2.24) is 0 Å². The van der Waals surface area contributed by atoms with E-state index in [2.05, 4.69) is 0 Å². The highest BCUT2D eigenvalue weighted by Crippen LogP contribution is 2.07. The van der Waals surface area contributed by atoms with Crippen LogP contribution < -0.4 is 4.74 Å². The third-order valence-corrected chi connectivity index (χ3v) is 1.68. The summed E-state index contributed by atoms with van der Waals surface area (Å²) < 4.78 is 9.99. The Kier molecular flexibility index (Phi) is 4.63. The van der Waals surface area contributed by atoms with Gasteiger partial charge < -0.3 is 14.6 Å². The Morgan fingerprint density at radius 3 is 2.60 bits per heavy atom. The molecule has 82 valence electrons. The average Bonchev–Trinajstić information content (AvgIpc) is 2.25. The molecule has 0 saturated carbocycles. The van der Waals surface area contributed by atoms with Crippen LogP contribution >= 0.6 is 0 Å². The van der Waals surface area contributed by atoms with Gasteiger partial charge in [0.1, 0.15) is 25.1 Å². The maximum absolute atomic E-state index is 10.8. The quantitative estimate of drug-likeness (QED) is 0.581. The van der Waals surface area contributed by atoms with Gasteiger partial charge in [-0.15, -0.1) is 0 Å². The van der Waals surface area contributed by atoms with Gasteiger partial charge in [0.15, 0.2) is 0 Å². The van der Waals surface area contributed by atoms with E-state index >= 15 is 0 Å². The van der Waals surface area contributed by atoms with Gasteiger partial charge in [-0.25, -0.2) is 4.79 Å². The zero-order valence-electron chi connectivity index (χ0n) is 8.55. The van der Waals surface area contributed by atoms with E-state index in [-0.39, 0.29) is 13.2 Å². The molecule has 15 heavy (non-hydrogen) atoms. The van der Waals surface area contributed by atoms with E-state index in [0.717, 1.165) is 5.75 Å². The summed E-state index contributed by atoms with van der Waals surface area (Å²) in [5.74, 6) is 0.0947. The Bertz CT molecular complexity index is 295. The van der Waals surface area contributed by atoms with Gasteiger partial charge in [0, 0.05) is 0 Å². The first-order chi connectivity index (χ1) is 7.20. The lowest BCUT2D eigenvalue weighted by atomic mass is 10.3. The molecule has 1 N–H and O–H groups in total. The summed E-state index contributed by atoms with van der Waals surface area (Å²) in [4.78, 5) is 10.8. The van der Waals surface area contributed by atoms with E-state index in [9.17, 15) is 4.79 Å². The first-order valence-corrected chi connectivity index (χ1v) is 4.72. The predicted octanol–water partition coefficient (Wildman–Crippen LogP) is 0.989. The fourth-order valence-corrected chi connectivity index (χ4v) is 0.939. The lowest BCUT2D eigenvalue weighted by molar-refractivity contribution is -0.153. The molecular formula is C11H14O4. The van der Waals surface area contributed by atoms with E-state index in [4.69, 9.17) is 14.6 Å². The highest BCUT2D eigenvalue weighted by atomic mass is 16.6. The Morgan fingerprint density at radius 2 is 2.00 bits per heavy atom. The molecule has 0 bridgehead atoms. The number of hydrogen-bond donors (Lipinski definition) is 1.